The molecule has 0 radical (unpaired) electrons. The van der Waals surface area contributed by atoms with E-state index in [4.69, 9.17) is 9.47 Å². The van der Waals surface area contributed by atoms with Crippen LogP contribution in [0.5, 0.6) is 11.5 Å². The third kappa shape index (κ3) is 1.40. The highest BCUT2D eigenvalue weighted by Crippen LogP contribution is 2.39. The third-order valence-corrected chi connectivity index (χ3v) is 2.59. The fourth-order valence-electron chi connectivity index (χ4n) is 1.68. The number of hydrogen-bond donors (Lipinski definition) is 1. The van der Waals surface area contributed by atoms with E-state index in [-0.39, 0.29) is 6.61 Å². The lowest BCUT2D eigenvalue weighted by Gasteiger charge is -2.17. The molecule has 86 valence electrons. The van der Waals surface area contributed by atoms with Gasteiger partial charge in [0.2, 0.25) is 5.60 Å². The van der Waals surface area contributed by atoms with Gasteiger partial charge < -0.3 is 19.3 Å². The molecule has 0 saturated carbocycles. The minimum atomic E-state index is -1.74. The Labute approximate surface area is 92.5 Å². The second kappa shape index (κ2) is 3.68. The molecule has 5 nitrogen and oxygen atoms in total. The van der Waals surface area contributed by atoms with Crippen LogP contribution in [0.4, 0.5) is 0 Å². The fourth-order valence-corrected chi connectivity index (χ4v) is 1.68. The van der Waals surface area contributed by atoms with Crippen LogP contribution in [-0.4, -0.2) is 31.9 Å². The summed E-state index contributed by atoms with van der Waals surface area (Å²) in [6, 6.07) is 4.91. The SMILES string of the molecule is COC(=O)C1(O)COc2ccc(OC)cc21. The summed E-state index contributed by atoms with van der Waals surface area (Å²) in [7, 11) is 2.73. The number of rotatable bonds is 2. The van der Waals surface area contributed by atoms with E-state index in [1.54, 1.807) is 18.2 Å². The maximum absolute atomic E-state index is 11.5. The predicted octanol–water partition coefficient (Wildman–Crippen LogP) is 0.448. The van der Waals surface area contributed by atoms with Gasteiger partial charge in [0.15, 0.2) is 0 Å². The Morgan fingerprint density at radius 1 is 1.50 bits per heavy atom. The van der Waals surface area contributed by atoms with Gasteiger partial charge in [0, 0.05) is 5.56 Å². The summed E-state index contributed by atoms with van der Waals surface area (Å²) in [6.07, 6.45) is 0. The molecule has 16 heavy (non-hydrogen) atoms. The van der Waals surface area contributed by atoms with Crippen LogP contribution in [0.1, 0.15) is 5.56 Å². The number of methoxy groups -OCH3 is 2. The summed E-state index contributed by atoms with van der Waals surface area (Å²) in [5, 5.41) is 10.2. The molecule has 1 N–H and O–H groups in total. The number of esters is 1. The number of ether oxygens (including phenoxy) is 3. The maximum Gasteiger partial charge on any atom is 0.346 e. The smallest absolute Gasteiger partial charge is 0.346 e. The van der Waals surface area contributed by atoms with Crippen LogP contribution in [0.2, 0.25) is 0 Å². The van der Waals surface area contributed by atoms with Crippen LogP contribution in [0.25, 0.3) is 0 Å². The van der Waals surface area contributed by atoms with Gasteiger partial charge in [-0.15, -0.1) is 0 Å². The Hall–Kier alpha value is -1.75. The molecule has 0 fully saturated rings. The molecule has 1 aliphatic heterocycles. The van der Waals surface area contributed by atoms with E-state index in [2.05, 4.69) is 4.74 Å². The summed E-state index contributed by atoms with van der Waals surface area (Å²) in [6.45, 7) is -0.137. The first-order valence-electron chi connectivity index (χ1n) is 4.74. The molecule has 2 rings (SSSR count). The maximum atomic E-state index is 11.5. The van der Waals surface area contributed by atoms with E-state index in [0.717, 1.165) is 0 Å². The molecule has 1 aromatic carbocycles. The Balaban J connectivity index is 2.48. The van der Waals surface area contributed by atoms with E-state index >= 15 is 0 Å². The van der Waals surface area contributed by atoms with E-state index in [1.165, 1.54) is 14.2 Å². The zero-order chi connectivity index (χ0) is 11.8. The Bertz CT molecular complexity index is 428. The lowest BCUT2D eigenvalue weighted by atomic mass is 9.96. The summed E-state index contributed by atoms with van der Waals surface area (Å²) >= 11 is 0. The third-order valence-electron chi connectivity index (χ3n) is 2.59. The molecule has 1 aromatic rings. The number of benzene rings is 1. The average Bonchev–Trinajstić information content (AvgIpc) is 2.67. The lowest BCUT2D eigenvalue weighted by molar-refractivity contribution is -0.164. The molecule has 0 saturated heterocycles. The molecule has 0 bridgehead atoms. The number of hydrogen-bond acceptors (Lipinski definition) is 5. The molecule has 0 amide bonds. The van der Waals surface area contributed by atoms with Gasteiger partial charge in [0.25, 0.3) is 0 Å². The molecule has 1 aliphatic rings. The van der Waals surface area contributed by atoms with Crippen molar-refractivity contribution in [3.63, 3.8) is 0 Å². The van der Waals surface area contributed by atoms with Crippen LogP contribution < -0.4 is 9.47 Å². The molecular weight excluding hydrogens is 212 g/mol. The summed E-state index contributed by atoms with van der Waals surface area (Å²) in [5.41, 5.74) is -1.36. The lowest BCUT2D eigenvalue weighted by Crippen LogP contribution is -2.38. The van der Waals surface area contributed by atoms with Crippen molar-refractivity contribution in [1.29, 1.82) is 0 Å². The van der Waals surface area contributed by atoms with Gasteiger partial charge in [-0.1, -0.05) is 0 Å². The van der Waals surface area contributed by atoms with Crippen molar-refractivity contribution in [2.24, 2.45) is 0 Å². The molecule has 1 unspecified atom stereocenters. The Morgan fingerprint density at radius 3 is 2.88 bits per heavy atom. The van der Waals surface area contributed by atoms with E-state index in [0.29, 0.717) is 17.1 Å². The minimum absolute atomic E-state index is 0.137. The second-order valence-corrected chi connectivity index (χ2v) is 3.50. The Morgan fingerprint density at radius 2 is 2.25 bits per heavy atom. The van der Waals surface area contributed by atoms with Gasteiger partial charge in [-0.2, -0.15) is 0 Å². The Kier molecular flexibility index (Phi) is 2.47. The monoisotopic (exact) mass is 224 g/mol. The molecular formula is C11H12O5. The normalized spacial score (nSPS) is 22.2. The van der Waals surface area contributed by atoms with Crippen molar-refractivity contribution in [3.8, 4) is 11.5 Å². The molecule has 0 spiro atoms. The number of fused-ring (bicyclic) bond motifs is 1. The van der Waals surface area contributed by atoms with Crippen molar-refractivity contribution < 1.29 is 24.1 Å². The summed E-state index contributed by atoms with van der Waals surface area (Å²) in [5.74, 6) is 0.278. The fraction of sp³-hybridized carbons (Fsp3) is 0.364. The quantitative estimate of drug-likeness (QED) is 0.739. The van der Waals surface area contributed by atoms with Crippen molar-refractivity contribution in [2.75, 3.05) is 20.8 Å². The van der Waals surface area contributed by atoms with Gasteiger partial charge in [-0.05, 0) is 18.2 Å². The first-order chi connectivity index (χ1) is 7.61. The number of carbonyl (C=O) groups is 1. The summed E-state index contributed by atoms with van der Waals surface area (Å²) < 4.78 is 14.8. The zero-order valence-electron chi connectivity index (χ0n) is 9.02. The van der Waals surface area contributed by atoms with Gasteiger partial charge in [-0.3, -0.25) is 0 Å². The van der Waals surface area contributed by atoms with Crippen LogP contribution in [0.3, 0.4) is 0 Å². The molecule has 1 heterocycles. The second-order valence-electron chi connectivity index (χ2n) is 3.50. The highest BCUT2D eigenvalue weighted by Gasteiger charge is 2.47. The van der Waals surface area contributed by atoms with Gasteiger partial charge >= 0.3 is 5.97 Å². The van der Waals surface area contributed by atoms with Gasteiger partial charge in [-0.25, -0.2) is 4.79 Å². The van der Waals surface area contributed by atoms with Crippen LogP contribution in [0.15, 0.2) is 18.2 Å². The first-order valence-corrected chi connectivity index (χ1v) is 4.74. The van der Waals surface area contributed by atoms with Crippen LogP contribution in [0, 0.1) is 0 Å². The van der Waals surface area contributed by atoms with Crippen LogP contribution in [-0.2, 0) is 15.1 Å². The highest BCUT2D eigenvalue weighted by molar-refractivity contribution is 5.83. The largest absolute Gasteiger partial charge is 0.497 e. The van der Waals surface area contributed by atoms with Gasteiger partial charge in [0.05, 0.1) is 14.2 Å². The van der Waals surface area contributed by atoms with Crippen LogP contribution >= 0.6 is 0 Å². The van der Waals surface area contributed by atoms with E-state index in [9.17, 15) is 9.90 Å². The van der Waals surface area contributed by atoms with E-state index in [1.807, 2.05) is 0 Å². The van der Waals surface area contributed by atoms with Gasteiger partial charge in [0.1, 0.15) is 18.1 Å². The number of carbonyl (C=O) groups excluding carboxylic acids is 1. The average molecular weight is 224 g/mol. The minimum Gasteiger partial charge on any atom is -0.497 e. The molecule has 1 atom stereocenters. The molecule has 0 aromatic heterocycles. The molecule has 0 aliphatic carbocycles. The number of aliphatic hydroxyl groups is 1. The van der Waals surface area contributed by atoms with Crippen molar-refractivity contribution in [1.82, 2.24) is 0 Å². The predicted molar refractivity (Wildman–Crippen MR) is 54.4 cm³/mol. The zero-order valence-corrected chi connectivity index (χ0v) is 9.02. The van der Waals surface area contributed by atoms with E-state index < -0.39 is 11.6 Å². The standard InChI is InChI=1S/C11H12O5/c1-14-7-3-4-9-8(5-7)11(13,6-16-9)10(12)15-2/h3-5,13H,6H2,1-2H3. The van der Waals surface area contributed by atoms with Crippen molar-refractivity contribution in [2.45, 2.75) is 5.60 Å². The highest BCUT2D eigenvalue weighted by atomic mass is 16.6. The van der Waals surface area contributed by atoms with Crippen molar-refractivity contribution in [3.05, 3.63) is 23.8 Å². The summed E-state index contributed by atoms with van der Waals surface area (Å²) in [4.78, 5) is 11.5. The molecule has 5 heteroatoms. The topological polar surface area (TPSA) is 65.0 Å². The first kappa shape index (κ1) is 10.8. The van der Waals surface area contributed by atoms with Crippen molar-refractivity contribution >= 4 is 5.97 Å².